The van der Waals surface area contributed by atoms with Crippen molar-refractivity contribution in [2.75, 3.05) is 0 Å². The zero-order chi connectivity index (χ0) is 6.57. The van der Waals surface area contributed by atoms with E-state index in [9.17, 15) is 4.79 Å². The van der Waals surface area contributed by atoms with Gasteiger partial charge in [0.05, 0.1) is 5.92 Å². The number of carboxylic acid groups (broad SMARTS) is 1. The average Bonchev–Trinajstić information content (AvgIpc) is 1.69. The van der Waals surface area contributed by atoms with Crippen LogP contribution in [0.4, 0.5) is 0 Å². The number of carboxylic acids is 1. The lowest BCUT2D eigenvalue weighted by Gasteiger charge is -1.96. The number of aliphatic carboxylic acids is 1. The predicted molar refractivity (Wildman–Crippen MR) is 27.1 cm³/mol. The van der Waals surface area contributed by atoms with Crippen molar-refractivity contribution in [1.82, 2.24) is 0 Å². The van der Waals surface area contributed by atoms with Gasteiger partial charge in [-0.3, -0.25) is 4.79 Å². The molecule has 0 aliphatic carbocycles. The fourth-order valence-electron chi connectivity index (χ4n) is 0.175. The third-order valence-electron chi connectivity index (χ3n) is 0.842. The fraction of sp³-hybridized carbons (Fsp3) is 0.800. The molecule has 0 fully saturated rings. The van der Waals surface area contributed by atoms with Gasteiger partial charge in [-0.15, -0.1) is 0 Å². The molecule has 0 amide bonds. The van der Waals surface area contributed by atoms with E-state index in [1.807, 2.05) is 0 Å². The highest BCUT2D eigenvalue weighted by molar-refractivity contribution is 5.69. The largest absolute Gasteiger partial charge is 0.481 e. The maximum absolute atomic E-state index is 10.0. The second-order valence-electron chi connectivity index (χ2n) is 1.44. The molecule has 7 heavy (non-hydrogen) atoms. The van der Waals surface area contributed by atoms with E-state index in [0.29, 0.717) is 6.42 Å². The molecular weight excluding hydrogens is 92.1 g/mol. The van der Waals surface area contributed by atoms with Gasteiger partial charge in [-0.2, -0.15) is 0 Å². The third-order valence-corrected chi connectivity index (χ3v) is 0.842. The van der Waals surface area contributed by atoms with Crippen LogP contribution >= 0.6 is 0 Å². The Balaban J connectivity index is 3.52. The highest BCUT2D eigenvalue weighted by atomic mass is 16.4. The molecule has 0 heterocycles. The second-order valence-corrected chi connectivity index (χ2v) is 1.44. The summed E-state index contributed by atoms with van der Waals surface area (Å²) >= 11 is 0. The Hall–Kier alpha value is -0.530. The van der Waals surface area contributed by atoms with Gasteiger partial charge in [0.1, 0.15) is 0 Å². The Morgan fingerprint density at radius 1 is 2.14 bits per heavy atom. The van der Waals surface area contributed by atoms with E-state index in [1.165, 1.54) is 0 Å². The Morgan fingerprint density at radius 3 is 2.71 bits per heavy atom. The summed E-state index contributed by atoms with van der Waals surface area (Å²) in [6.07, 6.45) is 0.554. The van der Waals surface area contributed by atoms with Crippen LogP contribution in [0.25, 0.3) is 0 Å². The molecule has 0 aliphatic heterocycles. The van der Waals surface area contributed by atoms with Gasteiger partial charge in [-0.05, 0) is 6.42 Å². The lowest BCUT2D eigenvalue weighted by Crippen LogP contribution is -2.06. The predicted octanol–water partition coefficient (Wildman–Crippen LogP) is 1.12. The molecule has 0 aromatic heterocycles. The molecule has 0 bridgehead atoms. The summed E-state index contributed by atoms with van der Waals surface area (Å²) in [5.41, 5.74) is 0. The molecule has 0 saturated carbocycles. The zero-order valence-corrected chi connectivity index (χ0v) is 4.35. The van der Waals surface area contributed by atoms with E-state index >= 15 is 0 Å². The van der Waals surface area contributed by atoms with E-state index in [4.69, 9.17) is 6.48 Å². The summed E-state index contributed by atoms with van der Waals surface area (Å²) < 4.78 is 6.71. The van der Waals surface area contributed by atoms with Crippen molar-refractivity contribution in [3.05, 3.63) is 0 Å². The first-order valence-corrected chi connectivity index (χ1v) is 2.24. The van der Waals surface area contributed by atoms with Crippen LogP contribution in [0.2, 0.25) is 0 Å². The Bertz CT molecular complexity index is 78.5. The SMILES string of the molecule is [2H]CC(CC)C(=O)O. The maximum atomic E-state index is 10.0. The lowest BCUT2D eigenvalue weighted by molar-refractivity contribution is -0.141. The minimum Gasteiger partial charge on any atom is -0.481 e. The molecule has 0 saturated heterocycles. The van der Waals surface area contributed by atoms with Crippen LogP contribution < -0.4 is 0 Å². The molecule has 2 nitrogen and oxygen atoms in total. The van der Waals surface area contributed by atoms with Crippen molar-refractivity contribution >= 4 is 5.97 Å². The van der Waals surface area contributed by atoms with Crippen molar-refractivity contribution in [1.29, 1.82) is 0 Å². The Kier molecular flexibility index (Phi) is 1.72. The van der Waals surface area contributed by atoms with Gasteiger partial charge in [-0.25, -0.2) is 0 Å². The van der Waals surface area contributed by atoms with Gasteiger partial charge in [-0.1, -0.05) is 13.8 Å². The molecular formula is C5H10O2. The molecule has 1 unspecified atom stereocenters. The molecule has 0 radical (unpaired) electrons. The monoisotopic (exact) mass is 103 g/mol. The van der Waals surface area contributed by atoms with Crippen molar-refractivity contribution < 1.29 is 11.3 Å². The standard InChI is InChI=1S/C5H10O2/c1-3-4(2)5(6)7/h4H,3H2,1-2H3,(H,6,7)/i2D. The summed E-state index contributed by atoms with van der Waals surface area (Å²) in [4.78, 5) is 10.0. The van der Waals surface area contributed by atoms with Gasteiger partial charge < -0.3 is 5.11 Å². The summed E-state index contributed by atoms with van der Waals surface area (Å²) in [6.45, 7) is 1.76. The van der Waals surface area contributed by atoms with Gasteiger partial charge in [0.15, 0.2) is 0 Å². The van der Waals surface area contributed by atoms with E-state index < -0.39 is 11.9 Å². The molecule has 0 rings (SSSR count). The van der Waals surface area contributed by atoms with E-state index in [2.05, 4.69) is 0 Å². The molecule has 1 atom stereocenters. The molecule has 0 aromatic carbocycles. The van der Waals surface area contributed by atoms with Crippen LogP contribution in [0.3, 0.4) is 0 Å². The fourth-order valence-corrected chi connectivity index (χ4v) is 0.175. The minimum atomic E-state index is -0.859. The van der Waals surface area contributed by atoms with Crippen LogP contribution in [-0.4, -0.2) is 11.1 Å². The summed E-state index contributed by atoms with van der Waals surface area (Å²) in [6, 6.07) is 0. The smallest absolute Gasteiger partial charge is 0.306 e. The van der Waals surface area contributed by atoms with Gasteiger partial charge in [0.25, 0.3) is 0 Å². The normalized spacial score (nSPS) is 15.3. The molecule has 42 valence electrons. The van der Waals surface area contributed by atoms with Crippen LogP contribution in [0.5, 0.6) is 0 Å². The maximum Gasteiger partial charge on any atom is 0.306 e. The molecule has 0 spiro atoms. The van der Waals surface area contributed by atoms with Crippen LogP contribution in [0.1, 0.15) is 21.6 Å². The van der Waals surface area contributed by atoms with Crippen molar-refractivity contribution in [3.8, 4) is 0 Å². The topological polar surface area (TPSA) is 37.3 Å². The molecule has 0 aliphatic rings. The van der Waals surface area contributed by atoms with Crippen molar-refractivity contribution in [2.45, 2.75) is 20.2 Å². The Morgan fingerprint density at radius 2 is 2.71 bits per heavy atom. The first kappa shape index (κ1) is 4.62. The van der Waals surface area contributed by atoms with E-state index in [0.717, 1.165) is 0 Å². The number of carbonyl (C=O) groups is 1. The van der Waals surface area contributed by atoms with E-state index in [-0.39, 0.29) is 6.90 Å². The highest BCUT2D eigenvalue weighted by Gasteiger charge is 2.05. The third kappa shape index (κ3) is 2.20. The summed E-state index contributed by atoms with van der Waals surface area (Å²) in [5.74, 6) is -1.32. The highest BCUT2D eigenvalue weighted by Crippen LogP contribution is 1.97. The molecule has 2 heteroatoms. The van der Waals surface area contributed by atoms with Crippen molar-refractivity contribution in [2.24, 2.45) is 5.92 Å². The number of hydrogen-bond donors (Lipinski definition) is 1. The molecule has 0 aromatic rings. The number of rotatable bonds is 2. The Labute approximate surface area is 44.6 Å². The zero-order valence-electron chi connectivity index (χ0n) is 5.35. The lowest BCUT2D eigenvalue weighted by atomic mass is 10.1. The second kappa shape index (κ2) is 2.61. The van der Waals surface area contributed by atoms with Crippen molar-refractivity contribution in [3.63, 3.8) is 0 Å². The average molecular weight is 103 g/mol. The summed E-state index contributed by atoms with van der Waals surface area (Å²) in [7, 11) is 0. The first-order chi connectivity index (χ1) is 3.72. The van der Waals surface area contributed by atoms with Crippen LogP contribution in [0.15, 0.2) is 0 Å². The van der Waals surface area contributed by atoms with Gasteiger partial charge in [0, 0.05) is 1.37 Å². The summed E-state index contributed by atoms with van der Waals surface area (Å²) in [5, 5.41) is 8.25. The van der Waals surface area contributed by atoms with Crippen LogP contribution in [0, 0.1) is 5.92 Å². The van der Waals surface area contributed by atoms with E-state index in [1.54, 1.807) is 6.92 Å². The number of hydrogen-bond acceptors (Lipinski definition) is 1. The minimum absolute atomic E-state index is 0.00810. The van der Waals surface area contributed by atoms with Crippen LogP contribution in [-0.2, 0) is 4.79 Å². The first-order valence-electron chi connectivity index (χ1n) is 2.95. The van der Waals surface area contributed by atoms with Gasteiger partial charge >= 0.3 is 5.97 Å². The quantitative estimate of drug-likeness (QED) is 0.568. The molecule has 1 N–H and O–H groups in total. The van der Waals surface area contributed by atoms with Gasteiger partial charge in [0.2, 0.25) is 0 Å².